The molecule has 2 aromatic rings. The average molecular weight is 387 g/mol. The number of nitrogens with one attached hydrogen (secondary N) is 1. The first kappa shape index (κ1) is 19.9. The van der Waals surface area contributed by atoms with E-state index in [9.17, 15) is 14.9 Å². The molecule has 1 N–H and O–H groups in total. The minimum Gasteiger partial charge on any atom is -0.356 e. The van der Waals surface area contributed by atoms with Crippen molar-refractivity contribution in [2.24, 2.45) is 5.92 Å². The number of non-ortho nitro benzene ring substituents is 1. The second-order valence-corrected chi connectivity index (χ2v) is 7.01. The fraction of sp³-hybridized carbons (Fsp3) is 0.526. The Morgan fingerprint density at radius 1 is 1.32 bits per heavy atom. The predicted molar refractivity (Wildman–Crippen MR) is 102 cm³/mol. The average Bonchev–Trinajstić information content (AvgIpc) is 3.17. The fourth-order valence-corrected chi connectivity index (χ4v) is 3.25. The molecule has 1 aromatic heterocycles. The van der Waals surface area contributed by atoms with Crippen LogP contribution in [0.15, 0.2) is 28.8 Å². The summed E-state index contributed by atoms with van der Waals surface area (Å²) in [5.41, 5.74) is 0.692. The Hall–Kier alpha value is -2.81. The van der Waals surface area contributed by atoms with E-state index in [-0.39, 0.29) is 17.5 Å². The van der Waals surface area contributed by atoms with Crippen LogP contribution in [0.1, 0.15) is 38.5 Å². The highest BCUT2D eigenvalue weighted by molar-refractivity contribution is 5.78. The number of piperidine rings is 1. The van der Waals surface area contributed by atoms with Gasteiger partial charge in [-0.15, -0.1) is 0 Å². The molecule has 0 unspecified atom stereocenters. The van der Waals surface area contributed by atoms with Gasteiger partial charge in [-0.05, 0) is 44.5 Å². The summed E-state index contributed by atoms with van der Waals surface area (Å²) >= 11 is 0. The van der Waals surface area contributed by atoms with E-state index in [1.54, 1.807) is 12.1 Å². The zero-order chi connectivity index (χ0) is 19.9. The van der Waals surface area contributed by atoms with Crippen LogP contribution in [0.4, 0.5) is 5.69 Å². The number of rotatable bonds is 8. The maximum Gasteiger partial charge on any atom is 0.269 e. The predicted octanol–water partition coefficient (Wildman–Crippen LogP) is 2.77. The standard InChI is InChI=1S/C19H25N5O4/c1-2-3-10-20-19(25)15-8-11-23(12-9-15)13-17-21-18(22-28-17)14-4-6-16(7-5-14)24(26)27/h4-7,15H,2-3,8-13H2,1H3,(H,20,25). The van der Waals surface area contributed by atoms with Gasteiger partial charge in [0.25, 0.3) is 5.69 Å². The molecule has 28 heavy (non-hydrogen) atoms. The topological polar surface area (TPSA) is 114 Å². The molecule has 0 saturated carbocycles. The number of benzene rings is 1. The highest BCUT2D eigenvalue weighted by Gasteiger charge is 2.25. The molecule has 0 radical (unpaired) electrons. The summed E-state index contributed by atoms with van der Waals surface area (Å²) in [7, 11) is 0. The quantitative estimate of drug-likeness (QED) is 0.421. The summed E-state index contributed by atoms with van der Waals surface area (Å²) in [5.74, 6) is 1.15. The molecule has 3 rings (SSSR count). The molecule has 0 spiro atoms. The van der Waals surface area contributed by atoms with Crippen LogP contribution in [0.2, 0.25) is 0 Å². The minimum absolute atomic E-state index is 0.0223. The lowest BCUT2D eigenvalue weighted by Crippen LogP contribution is -2.40. The maximum atomic E-state index is 12.2. The van der Waals surface area contributed by atoms with E-state index in [4.69, 9.17) is 4.52 Å². The summed E-state index contributed by atoms with van der Waals surface area (Å²) < 4.78 is 5.32. The highest BCUT2D eigenvalue weighted by Crippen LogP contribution is 2.22. The number of amides is 1. The third-order valence-electron chi connectivity index (χ3n) is 4.95. The zero-order valence-corrected chi connectivity index (χ0v) is 16.0. The molecular weight excluding hydrogens is 362 g/mol. The van der Waals surface area contributed by atoms with Gasteiger partial charge in [0.15, 0.2) is 0 Å². The smallest absolute Gasteiger partial charge is 0.269 e. The van der Waals surface area contributed by atoms with Crippen molar-refractivity contribution >= 4 is 11.6 Å². The number of nitro groups is 1. The Bertz CT molecular complexity index is 797. The second kappa shape index (κ2) is 9.41. The molecule has 1 aromatic carbocycles. The van der Waals surface area contributed by atoms with Crippen molar-refractivity contribution in [1.29, 1.82) is 0 Å². The Balaban J connectivity index is 1.49. The minimum atomic E-state index is -0.445. The van der Waals surface area contributed by atoms with Gasteiger partial charge in [-0.3, -0.25) is 19.8 Å². The van der Waals surface area contributed by atoms with E-state index in [0.717, 1.165) is 45.3 Å². The maximum absolute atomic E-state index is 12.2. The molecule has 1 aliphatic rings. The molecule has 1 amide bonds. The van der Waals surface area contributed by atoms with E-state index in [0.29, 0.717) is 23.8 Å². The molecule has 1 fully saturated rings. The Labute approximate surface area is 163 Å². The van der Waals surface area contributed by atoms with Crippen LogP contribution in [0, 0.1) is 16.0 Å². The number of unbranched alkanes of at least 4 members (excludes halogenated alkanes) is 1. The summed E-state index contributed by atoms with van der Waals surface area (Å²) in [6.45, 7) is 5.00. The molecule has 0 bridgehead atoms. The van der Waals surface area contributed by atoms with Crippen LogP contribution in [-0.4, -0.2) is 45.5 Å². The SMILES string of the molecule is CCCCNC(=O)C1CCN(Cc2nc(-c3ccc([N+](=O)[O-])cc3)no2)CC1. The molecule has 1 saturated heterocycles. The summed E-state index contributed by atoms with van der Waals surface area (Å²) in [4.78, 5) is 29.0. The number of nitro benzene ring substituents is 1. The summed E-state index contributed by atoms with van der Waals surface area (Å²) in [6, 6.07) is 6.05. The number of carbonyl (C=O) groups excluding carboxylic acids is 1. The number of hydrogen-bond acceptors (Lipinski definition) is 7. The first-order valence-corrected chi connectivity index (χ1v) is 9.64. The van der Waals surface area contributed by atoms with Crippen molar-refractivity contribution in [3.05, 3.63) is 40.3 Å². The molecule has 9 nitrogen and oxygen atoms in total. The zero-order valence-electron chi connectivity index (χ0n) is 16.0. The normalized spacial score (nSPS) is 15.5. The molecule has 9 heteroatoms. The van der Waals surface area contributed by atoms with Crippen LogP contribution in [0.5, 0.6) is 0 Å². The van der Waals surface area contributed by atoms with Crippen molar-refractivity contribution in [2.45, 2.75) is 39.2 Å². The monoisotopic (exact) mass is 387 g/mol. The lowest BCUT2D eigenvalue weighted by molar-refractivity contribution is -0.384. The van der Waals surface area contributed by atoms with Gasteiger partial charge in [-0.2, -0.15) is 4.98 Å². The van der Waals surface area contributed by atoms with Crippen LogP contribution in [-0.2, 0) is 11.3 Å². The molecule has 150 valence electrons. The highest BCUT2D eigenvalue weighted by atomic mass is 16.6. The Morgan fingerprint density at radius 3 is 2.68 bits per heavy atom. The van der Waals surface area contributed by atoms with Crippen molar-refractivity contribution in [3.8, 4) is 11.4 Å². The molecular formula is C19H25N5O4. The molecule has 0 aliphatic carbocycles. The first-order valence-electron chi connectivity index (χ1n) is 9.64. The van der Waals surface area contributed by atoms with Gasteiger partial charge in [0.2, 0.25) is 17.6 Å². The first-order chi connectivity index (χ1) is 13.6. The van der Waals surface area contributed by atoms with Crippen molar-refractivity contribution in [2.75, 3.05) is 19.6 Å². The van der Waals surface area contributed by atoms with Crippen LogP contribution >= 0.6 is 0 Å². The Morgan fingerprint density at radius 2 is 2.04 bits per heavy atom. The van der Waals surface area contributed by atoms with Crippen LogP contribution in [0.3, 0.4) is 0 Å². The van der Waals surface area contributed by atoms with Gasteiger partial charge in [0.1, 0.15) is 0 Å². The van der Waals surface area contributed by atoms with Gasteiger partial charge < -0.3 is 9.84 Å². The van der Waals surface area contributed by atoms with Gasteiger partial charge in [-0.25, -0.2) is 0 Å². The lowest BCUT2D eigenvalue weighted by Gasteiger charge is -2.30. The van der Waals surface area contributed by atoms with E-state index < -0.39 is 4.92 Å². The molecule has 2 heterocycles. The largest absolute Gasteiger partial charge is 0.356 e. The van der Waals surface area contributed by atoms with Gasteiger partial charge in [0, 0.05) is 30.2 Å². The summed E-state index contributed by atoms with van der Waals surface area (Å²) in [6.07, 6.45) is 3.73. The number of likely N-dealkylation sites (tertiary alicyclic amines) is 1. The van der Waals surface area contributed by atoms with Gasteiger partial charge >= 0.3 is 0 Å². The number of hydrogen-bond donors (Lipinski definition) is 1. The van der Waals surface area contributed by atoms with Gasteiger partial charge in [0.05, 0.1) is 11.5 Å². The summed E-state index contributed by atoms with van der Waals surface area (Å²) in [5, 5.41) is 17.7. The van der Waals surface area contributed by atoms with Crippen molar-refractivity contribution in [3.63, 3.8) is 0 Å². The van der Waals surface area contributed by atoms with E-state index in [1.807, 2.05) is 0 Å². The second-order valence-electron chi connectivity index (χ2n) is 7.01. The molecule has 1 aliphatic heterocycles. The Kier molecular flexibility index (Phi) is 6.70. The lowest BCUT2D eigenvalue weighted by atomic mass is 9.96. The van der Waals surface area contributed by atoms with Crippen molar-refractivity contribution in [1.82, 2.24) is 20.4 Å². The number of carbonyl (C=O) groups is 1. The third kappa shape index (κ3) is 5.13. The molecule has 0 atom stereocenters. The van der Waals surface area contributed by atoms with Crippen LogP contribution in [0.25, 0.3) is 11.4 Å². The van der Waals surface area contributed by atoms with Crippen molar-refractivity contribution < 1.29 is 14.2 Å². The fourth-order valence-electron chi connectivity index (χ4n) is 3.25. The van der Waals surface area contributed by atoms with E-state index in [2.05, 4.69) is 27.3 Å². The third-order valence-corrected chi connectivity index (χ3v) is 4.95. The van der Waals surface area contributed by atoms with Crippen LogP contribution < -0.4 is 5.32 Å². The van der Waals surface area contributed by atoms with Gasteiger partial charge in [-0.1, -0.05) is 18.5 Å². The number of aromatic nitrogens is 2. The van der Waals surface area contributed by atoms with E-state index in [1.165, 1.54) is 12.1 Å². The van der Waals surface area contributed by atoms with E-state index >= 15 is 0 Å². The number of nitrogens with zero attached hydrogens (tertiary/aromatic N) is 4.